The number of methoxy groups -OCH3 is 1. The average Bonchev–Trinajstić information content (AvgIpc) is 3.47. The predicted octanol–water partition coefficient (Wildman–Crippen LogP) is 4.05. The van der Waals surface area contributed by atoms with Gasteiger partial charge in [0.15, 0.2) is 0 Å². The van der Waals surface area contributed by atoms with Crippen LogP contribution in [-0.4, -0.2) is 24.0 Å². The minimum Gasteiger partial charge on any atom is -0.497 e. The highest BCUT2D eigenvalue weighted by molar-refractivity contribution is 6.06. The van der Waals surface area contributed by atoms with E-state index in [2.05, 4.69) is 0 Å². The Morgan fingerprint density at radius 3 is 2.48 bits per heavy atom. The fraction of sp³-hybridized carbons (Fsp3) is 0.316. The summed E-state index contributed by atoms with van der Waals surface area (Å²) in [4.78, 5) is 25.4. The second-order valence-corrected chi connectivity index (χ2v) is 6.26. The molecule has 0 bridgehead atoms. The maximum atomic E-state index is 13.1. The number of carbonyl (C=O) groups is 1. The molecule has 0 heterocycles. The number of amides is 1. The smallest absolute Gasteiger partial charge is 0.270 e. The number of rotatable bonds is 6. The largest absolute Gasteiger partial charge is 0.497 e. The van der Waals surface area contributed by atoms with Gasteiger partial charge >= 0.3 is 0 Å². The van der Waals surface area contributed by atoms with Crippen molar-refractivity contribution in [2.75, 3.05) is 12.0 Å². The summed E-state index contributed by atoms with van der Waals surface area (Å²) in [5.74, 6) is 0.948. The number of nitro benzene ring substituents is 1. The average molecular weight is 340 g/mol. The molecule has 2 aromatic rings. The molecule has 25 heavy (non-hydrogen) atoms. The van der Waals surface area contributed by atoms with E-state index in [9.17, 15) is 14.9 Å². The molecular formula is C19H20N2O4. The van der Waals surface area contributed by atoms with Crippen molar-refractivity contribution in [3.8, 4) is 5.75 Å². The van der Waals surface area contributed by atoms with E-state index in [0.717, 1.165) is 18.5 Å². The molecule has 6 nitrogen and oxygen atoms in total. The van der Waals surface area contributed by atoms with Crippen molar-refractivity contribution >= 4 is 17.3 Å². The number of non-ortho nitro benzene ring substituents is 1. The van der Waals surface area contributed by atoms with E-state index in [1.54, 1.807) is 24.1 Å². The standard InChI is InChI=1S/C19H20N2O4/c1-13(14-6-7-14)20(16-8-10-18(25-2)11-9-16)19(22)15-4-3-5-17(12-15)21(23)24/h3-5,8-14H,6-7H2,1-2H3. The highest BCUT2D eigenvalue weighted by Gasteiger charge is 2.35. The molecule has 1 saturated carbocycles. The number of nitro groups is 1. The van der Waals surface area contributed by atoms with Gasteiger partial charge in [-0.05, 0) is 56.0 Å². The van der Waals surface area contributed by atoms with Crippen LogP contribution in [0.5, 0.6) is 5.75 Å². The number of anilines is 1. The molecule has 1 amide bonds. The molecule has 1 aliphatic rings. The van der Waals surface area contributed by atoms with E-state index in [0.29, 0.717) is 17.2 Å². The third-order valence-corrected chi connectivity index (χ3v) is 4.58. The Morgan fingerprint density at radius 2 is 1.92 bits per heavy atom. The summed E-state index contributed by atoms with van der Waals surface area (Å²) in [5, 5.41) is 11.0. The summed E-state index contributed by atoms with van der Waals surface area (Å²) in [7, 11) is 1.59. The van der Waals surface area contributed by atoms with Crippen LogP contribution in [0, 0.1) is 16.0 Å². The number of carbonyl (C=O) groups excluding carboxylic acids is 1. The summed E-state index contributed by atoms with van der Waals surface area (Å²) in [6, 6.07) is 13.2. The number of ether oxygens (including phenoxy) is 1. The summed E-state index contributed by atoms with van der Waals surface area (Å²) in [6.45, 7) is 2.02. The van der Waals surface area contributed by atoms with Crippen LogP contribution in [0.15, 0.2) is 48.5 Å². The van der Waals surface area contributed by atoms with Crippen molar-refractivity contribution < 1.29 is 14.5 Å². The summed E-state index contributed by atoms with van der Waals surface area (Å²) < 4.78 is 5.18. The van der Waals surface area contributed by atoms with Crippen molar-refractivity contribution in [1.82, 2.24) is 0 Å². The van der Waals surface area contributed by atoms with E-state index in [-0.39, 0.29) is 17.6 Å². The minimum atomic E-state index is -0.487. The normalized spacial score (nSPS) is 14.6. The van der Waals surface area contributed by atoms with Crippen LogP contribution in [0.3, 0.4) is 0 Å². The predicted molar refractivity (Wildman–Crippen MR) is 95.1 cm³/mol. The molecule has 0 aliphatic heterocycles. The fourth-order valence-corrected chi connectivity index (χ4v) is 2.96. The molecule has 0 saturated heterocycles. The molecule has 3 rings (SSSR count). The van der Waals surface area contributed by atoms with E-state index >= 15 is 0 Å². The van der Waals surface area contributed by atoms with Gasteiger partial charge in [-0.2, -0.15) is 0 Å². The Labute approximate surface area is 146 Å². The van der Waals surface area contributed by atoms with Crippen LogP contribution in [0.25, 0.3) is 0 Å². The van der Waals surface area contributed by atoms with Gasteiger partial charge in [-0.25, -0.2) is 0 Å². The maximum Gasteiger partial charge on any atom is 0.270 e. The fourth-order valence-electron chi connectivity index (χ4n) is 2.96. The second kappa shape index (κ2) is 6.93. The van der Waals surface area contributed by atoms with Crippen LogP contribution < -0.4 is 9.64 Å². The second-order valence-electron chi connectivity index (χ2n) is 6.26. The highest BCUT2D eigenvalue weighted by atomic mass is 16.6. The van der Waals surface area contributed by atoms with Crippen LogP contribution in [0.2, 0.25) is 0 Å². The minimum absolute atomic E-state index is 0.0279. The van der Waals surface area contributed by atoms with Crippen molar-refractivity contribution in [2.45, 2.75) is 25.8 Å². The van der Waals surface area contributed by atoms with Gasteiger partial charge in [0, 0.05) is 29.4 Å². The van der Waals surface area contributed by atoms with Crippen molar-refractivity contribution in [3.05, 3.63) is 64.2 Å². The van der Waals surface area contributed by atoms with Crippen LogP contribution in [0.4, 0.5) is 11.4 Å². The molecule has 1 fully saturated rings. The van der Waals surface area contributed by atoms with Crippen molar-refractivity contribution in [3.63, 3.8) is 0 Å². The Bertz CT molecular complexity index is 784. The van der Waals surface area contributed by atoms with Gasteiger partial charge in [-0.1, -0.05) is 6.07 Å². The number of hydrogen-bond donors (Lipinski definition) is 0. The van der Waals surface area contributed by atoms with Gasteiger partial charge in [0.2, 0.25) is 0 Å². The number of nitrogens with zero attached hydrogens (tertiary/aromatic N) is 2. The third-order valence-electron chi connectivity index (χ3n) is 4.58. The van der Waals surface area contributed by atoms with E-state index in [4.69, 9.17) is 4.74 Å². The first kappa shape index (κ1) is 17.0. The van der Waals surface area contributed by atoms with Gasteiger partial charge < -0.3 is 9.64 Å². The molecule has 130 valence electrons. The van der Waals surface area contributed by atoms with E-state index in [1.807, 2.05) is 31.2 Å². The Hall–Kier alpha value is -2.89. The van der Waals surface area contributed by atoms with Crippen LogP contribution in [-0.2, 0) is 0 Å². The molecular weight excluding hydrogens is 320 g/mol. The van der Waals surface area contributed by atoms with Gasteiger partial charge in [0.05, 0.1) is 12.0 Å². The van der Waals surface area contributed by atoms with Gasteiger partial charge in [-0.3, -0.25) is 14.9 Å². The molecule has 0 aromatic heterocycles. The van der Waals surface area contributed by atoms with Gasteiger partial charge in [0.1, 0.15) is 5.75 Å². The van der Waals surface area contributed by atoms with Crippen LogP contribution >= 0.6 is 0 Å². The lowest BCUT2D eigenvalue weighted by Crippen LogP contribution is -2.40. The first-order chi connectivity index (χ1) is 12.0. The van der Waals surface area contributed by atoms with Gasteiger partial charge in [0.25, 0.3) is 11.6 Å². The molecule has 2 aromatic carbocycles. The van der Waals surface area contributed by atoms with Crippen molar-refractivity contribution in [2.24, 2.45) is 5.92 Å². The zero-order chi connectivity index (χ0) is 18.0. The number of hydrogen-bond acceptors (Lipinski definition) is 4. The first-order valence-electron chi connectivity index (χ1n) is 8.23. The maximum absolute atomic E-state index is 13.1. The van der Waals surface area contributed by atoms with E-state index < -0.39 is 4.92 Å². The van der Waals surface area contributed by atoms with Gasteiger partial charge in [-0.15, -0.1) is 0 Å². The number of benzene rings is 2. The monoisotopic (exact) mass is 340 g/mol. The van der Waals surface area contributed by atoms with Crippen molar-refractivity contribution in [1.29, 1.82) is 0 Å². The summed E-state index contributed by atoms with van der Waals surface area (Å²) in [6.07, 6.45) is 2.19. The summed E-state index contributed by atoms with van der Waals surface area (Å²) >= 11 is 0. The lowest BCUT2D eigenvalue weighted by molar-refractivity contribution is -0.384. The molecule has 0 N–H and O–H groups in total. The molecule has 1 atom stereocenters. The topological polar surface area (TPSA) is 72.7 Å². The molecule has 0 spiro atoms. The molecule has 6 heteroatoms. The lowest BCUT2D eigenvalue weighted by atomic mass is 10.1. The summed E-state index contributed by atoms with van der Waals surface area (Å²) in [5.41, 5.74) is 0.994. The molecule has 0 radical (unpaired) electrons. The first-order valence-corrected chi connectivity index (χ1v) is 8.23. The Balaban J connectivity index is 1.97. The zero-order valence-electron chi connectivity index (χ0n) is 14.2. The van der Waals surface area contributed by atoms with Crippen LogP contribution in [0.1, 0.15) is 30.1 Å². The highest BCUT2D eigenvalue weighted by Crippen LogP contribution is 2.38. The zero-order valence-corrected chi connectivity index (χ0v) is 14.2. The molecule has 1 aliphatic carbocycles. The lowest BCUT2D eigenvalue weighted by Gasteiger charge is -2.29. The quantitative estimate of drug-likeness (QED) is 0.587. The Kier molecular flexibility index (Phi) is 4.70. The Morgan fingerprint density at radius 1 is 1.24 bits per heavy atom. The SMILES string of the molecule is COc1ccc(N(C(=O)c2cccc([N+](=O)[O-])c2)C(C)C2CC2)cc1. The van der Waals surface area contributed by atoms with E-state index in [1.165, 1.54) is 12.1 Å². The third kappa shape index (κ3) is 3.63. The molecule has 1 unspecified atom stereocenters.